The number of carbonyl (C=O) groups excluding carboxylic acids is 9. The molecule has 0 heterocycles. The van der Waals surface area contributed by atoms with Crippen LogP contribution in [0.2, 0.25) is 0 Å². The van der Waals surface area contributed by atoms with Crippen molar-refractivity contribution in [3.63, 3.8) is 0 Å². The summed E-state index contributed by atoms with van der Waals surface area (Å²) in [5.41, 5.74) is -0.545. The van der Waals surface area contributed by atoms with Gasteiger partial charge in [-0.1, -0.05) is 0 Å². The van der Waals surface area contributed by atoms with Crippen molar-refractivity contribution in [3.05, 3.63) is 0 Å². The molecule has 0 aromatic rings. The molecule has 0 saturated carbocycles. The van der Waals surface area contributed by atoms with E-state index in [1.165, 1.54) is 48.7 Å². The van der Waals surface area contributed by atoms with E-state index in [4.69, 9.17) is 33.2 Å². The molecule has 0 aromatic carbocycles. The first-order valence-electron chi connectivity index (χ1n) is 20.9. The van der Waals surface area contributed by atoms with Crippen LogP contribution >= 0.6 is 0 Å². The maximum Gasteiger partial charge on any atom is 0.407 e. The van der Waals surface area contributed by atoms with E-state index in [-0.39, 0.29) is 45.9 Å². The molecule has 0 fully saturated rings. The summed E-state index contributed by atoms with van der Waals surface area (Å²) in [6, 6.07) is 0. The molecule has 9 amide bonds. The fourth-order valence-electron chi connectivity index (χ4n) is 4.67. The third-order valence-electron chi connectivity index (χ3n) is 8.45. The zero-order chi connectivity index (χ0) is 49.2. The largest absolute Gasteiger partial charge is 0.522 e. The van der Waals surface area contributed by atoms with Crippen molar-refractivity contribution in [3.8, 4) is 0 Å². The Morgan fingerprint density at radius 2 is 0.697 bits per heavy atom. The molecule has 386 valence electrons. The van der Waals surface area contributed by atoms with Crippen LogP contribution in [0.15, 0.2) is 0 Å². The van der Waals surface area contributed by atoms with Gasteiger partial charge in [-0.15, -0.1) is 0 Å². The number of carbonyl (C=O) groups is 8. The van der Waals surface area contributed by atoms with Crippen LogP contribution in [0.5, 0.6) is 0 Å². The summed E-state index contributed by atoms with van der Waals surface area (Å²) in [6.45, 7) is 7.82. The van der Waals surface area contributed by atoms with Crippen molar-refractivity contribution in [2.24, 2.45) is 0 Å². The molecule has 0 bridgehead atoms. The number of ether oxygens (including phenoxy) is 7. The van der Waals surface area contributed by atoms with Gasteiger partial charge in [0.2, 0.25) is 41.4 Å². The molecule has 0 aliphatic heterocycles. The first-order valence-corrected chi connectivity index (χ1v) is 20.9. The van der Waals surface area contributed by atoms with Crippen LogP contribution in [0.3, 0.4) is 0 Å². The molecular formula is C40H72FmN9O16-. The smallest absolute Gasteiger partial charge is 0.407 e. The second kappa shape index (κ2) is 36.1. The SMILES string of the molecule is CN(CC(=O)NCCOCCOCCOCCOCCOCCOCCNC(=O)OC(C)(C)C)C(=O)CN(C)C(=O)CN(C)C(=O)CN(C)C(=O)CN(C)C(=O)CN(C)C(=O)CN[C-]=O.[Fm]. The quantitative estimate of drug-likeness (QED) is 0.0308. The second-order valence-corrected chi connectivity index (χ2v) is 15.4. The Bertz CT molecular complexity index is 1480. The standard InChI is InChI=1S/C40H72N9O16.Fm/c1-40(2,3)65-39(58)43-11-13-60-15-17-62-19-21-64-23-22-63-20-18-61-16-14-59-12-10-42-32(51)25-44(4)34(53)27-46(6)36(55)29-48(8)38(57)30-49(9)37(56)28-47(7)35(54)26-45(5)33(52)24-41-31-50;/h10-30H2,1-9H3,(H,41,50)(H,42,51)(H,43,58);/q-1;. The molecule has 66 heavy (non-hydrogen) atoms. The Kier molecular flexibility index (Phi) is 33.8. The van der Waals surface area contributed by atoms with E-state index >= 15 is 0 Å². The van der Waals surface area contributed by atoms with Crippen molar-refractivity contribution < 1.29 is 76.3 Å². The topological polar surface area (TPSA) is 274 Å². The zero-order valence-corrected chi connectivity index (χ0v) is 42.3. The van der Waals surface area contributed by atoms with Gasteiger partial charge in [-0.25, -0.2) is 4.79 Å². The summed E-state index contributed by atoms with van der Waals surface area (Å²) in [7, 11) is 8.21. The van der Waals surface area contributed by atoms with E-state index in [0.717, 1.165) is 29.4 Å². The number of nitrogens with one attached hydrogen (secondary N) is 3. The van der Waals surface area contributed by atoms with E-state index in [1.807, 2.05) is 0 Å². The zero-order valence-electron chi connectivity index (χ0n) is 39.9. The Balaban J connectivity index is 0. The molecule has 0 saturated heterocycles. The van der Waals surface area contributed by atoms with Gasteiger partial charge >= 0.3 is 6.09 Å². The van der Waals surface area contributed by atoms with Crippen molar-refractivity contribution in [2.75, 3.05) is 180 Å². The minimum absolute atomic E-state index is 0. The molecule has 0 spiro atoms. The molecule has 26 heteroatoms. The Morgan fingerprint density at radius 3 is 1.00 bits per heavy atom. The number of alkyl carbamates (subject to hydrolysis) is 1. The molecule has 0 aliphatic carbocycles. The van der Waals surface area contributed by atoms with Crippen LogP contribution in [0.1, 0.15) is 20.8 Å². The summed E-state index contributed by atoms with van der Waals surface area (Å²) in [5, 5.41) is 7.34. The fourth-order valence-corrected chi connectivity index (χ4v) is 4.67. The molecule has 0 unspecified atom stereocenters. The molecule has 0 aliphatic rings. The van der Waals surface area contributed by atoms with Crippen LogP contribution in [-0.2, 0) is 71.5 Å². The first kappa shape index (κ1) is 61.9. The summed E-state index contributed by atoms with van der Waals surface area (Å²) in [6.07, 6.45) is 0.876. The van der Waals surface area contributed by atoms with Crippen LogP contribution in [0, 0.1) is 0 Å². The minimum Gasteiger partial charge on any atom is -0.522 e. The number of hydrogen-bond donors (Lipinski definition) is 3. The Labute approximate surface area is 381 Å². The van der Waals surface area contributed by atoms with E-state index < -0.39 is 66.1 Å². The molecule has 0 atom stereocenters. The average molecular weight is 1190 g/mol. The van der Waals surface area contributed by atoms with Crippen molar-refractivity contribution in [2.45, 2.75) is 26.4 Å². The van der Waals surface area contributed by atoms with Crippen molar-refractivity contribution in [1.29, 1.82) is 0 Å². The third-order valence-corrected chi connectivity index (χ3v) is 8.45. The maximum atomic E-state index is 12.8. The van der Waals surface area contributed by atoms with Crippen molar-refractivity contribution >= 4 is 53.9 Å². The van der Waals surface area contributed by atoms with Crippen LogP contribution < -0.4 is 16.0 Å². The van der Waals surface area contributed by atoms with E-state index in [9.17, 15) is 43.2 Å². The predicted molar refractivity (Wildman–Crippen MR) is 232 cm³/mol. The summed E-state index contributed by atoms with van der Waals surface area (Å²) < 4.78 is 37.7. The van der Waals surface area contributed by atoms with Crippen LogP contribution in [0.4, 0.5) is 4.79 Å². The average Bonchev–Trinajstić information content (AvgIpc) is 3.23. The normalized spacial score (nSPS) is 10.7. The number of nitrogens with zero attached hydrogens (tertiary/aromatic N) is 6. The van der Waals surface area contributed by atoms with Gasteiger partial charge in [-0.2, -0.15) is 6.41 Å². The van der Waals surface area contributed by atoms with Gasteiger partial charge in [-0.05, 0) is 20.8 Å². The predicted octanol–water partition coefficient (Wildman–Crippen LogP) is -3.87. The summed E-state index contributed by atoms with van der Waals surface area (Å²) in [5.74, 6) is -3.75. The maximum absolute atomic E-state index is 12.8. The molecule has 3 N–H and O–H groups in total. The van der Waals surface area contributed by atoms with Gasteiger partial charge < -0.3 is 83.3 Å². The van der Waals surface area contributed by atoms with Gasteiger partial charge in [0.05, 0.1) is 125 Å². The van der Waals surface area contributed by atoms with E-state index in [0.29, 0.717) is 79.2 Å². The summed E-state index contributed by atoms with van der Waals surface area (Å²) >= 11 is 0. The Hall–Kier alpha value is -6.21. The molecular weight excluding hydrogens is 1120 g/mol. The third kappa shape index (κ3) is 32.4. The second-order valence-electron chi connectivity index (χ2n) is 15.4. The van der Waals surface area contributed by atoms with Crippen LogP contribution in [0.25, 0.3) is 0 Å². The monoisotopic (exact) mass is 1190 g/mol. The Morgan fingerprint density at radius 1 is 0.424 bits per heavy atom. The van der Waals surface area contributed by atoms with Gasteiger partial charge in [0.15, 0.2) is 0 Å². The first-order chi connectivity index (χ1) is 30.7. The van der Waals surface area contributed by atoms with E-state index in [2.05, 4.69) is 16.0 Å². The van der Waals surface area contributed by atoms with Crippen molar-refractivity contribution in [1.82, 2.24) is 45.3 Å². The van der Waals surface area contributed by atoms with Gasteiger partial charge in [0.25, 0.3) is 0 Å². The van der Waals surface area contributed by atoms with Gasteiger partial charge in [-0.3, -0.25) is 33.6 Å². The number of likely N-dealkylation sites (N-methyl/N-ethyl adjacent to an activating group) is 6. The summed E-state index contributed by atoms with van der Waals surface area (Å²) in [4.78, 5) is 116. The number of amides is 9. The molecule has 25 nitrogen and oxygen atoms in total. The molecule has 0 rings (SSSR count). The minimum atomic E-state index is -0.579. The number of rotatable bonds is 36. The molecule has 0 aromatic heterocycles. The molecule has 0 radical (unpaired) electrons. The van der Waals surface area contributed by atoms with E-state index in [1.54, 1.807) is 20.8 Å². The van der Waals surface area contributed by atoms with Gasteiger partial charge in [0, 0.05) is 55.4 Å². The fraction of sp³-hybridized carbons (Fsp3) is 0.775. The van der Waals surface area contributed by atoms with Crippen LogP contribution in [-0.4, -0.2) is 269 Å². The number of hydrogen-bond acceptors (Lipinski definition) is 16. The van der Waals surface area contributed by atoms with Gasteiger partial charge in [0.1, 0.15) is 5.60 Å².